The van der Waals surface area contributed by atoms with Crippen molar-refractivity contribution in [2.75, 3.05) is 19.8 Å². The quantitative estimate of drug-likeness (QED) is 0.0445. The van der Waals surface area contributed by atoms with Gasteiger partial charge in [-0.15, -0.1) is 0 Å². The average molecular weight is 815 g/mol. The number of hydrogen-bond donors (Lipinski definition) is 11. The van der Waals surface area contributed by atoms with Crippen LogP contribution in [0, 0.1) is 0 Å². The number of hydrogen-bond acceptors (Lipinski definition) is 19. The molecule has 3 rings (SSSR count). The maximum absolute atomic E-state index is 12.7. The highest BCUT2D eigenvalue weighted by molar-refractivity contribution is 5.88. The van der Waals surface area contributed by atoms with Crippen molar-refractivity contribution in [1.82, 2.24) is 0 Å². The van der Waals surface area contributed by atoms with Crippen molar-refractivity contribution in [3.05, 3.63) is 83.1 Å². The molecule has 0 aromatic heterocycles. The molecule has 19 nitrogen and oxygen atoms in total. The maximum atomic E-state index is 12.7. The highest BCUT2D eigenvalue weighted by Gasteiger charge is 2.48. The van der Waals surface area contributed by atoms with Gasteiger partial charge in [0.05, 0.1) is 19.8 Å². The van der Waals surface area contributed by atoms with Crippen molar-refractivity contribution >= 4 is 11.9 Å². The topological polar surface area (TPSA) is 312 Å². The van der Waals surface area contributed by atoms with Crippen LogP contribution in [-0.2, 0) is 38.0 Å². The first-order valence-electron chi connectivity index (χ1n) is 18.0. The van der Waals surface area contributed by atoms with Crippen LogP contribution in [-0.4, -0.2) is 180 Å². The van der Waals surface area contributed by atoms with Gasteiger partial charge in [0.15, 0.2) is 6.29 Å². The Morgan fingerprint density at radius 2 is 0.825 bits per heavy atom. The van der Waals surface area contributed by atoms with E-state index in [0.717, 1.165) is 11.1 Å². The second kappa shape index (κ2) is 22.6. The van der Waals surface area contributed by atoms with Crippen LogP contribution in [0.1, 0.15) is 27.7 Å². The molecular weight excluding hydrogens is 760 g/mol. The molecule has 320 valence electrons. The number of ether oxygens (including phenoxy) is 6. The molecule has 14 unspecified atom stereocenters. The zero-order valence-corrected chi connectivity index (χ0v) is 31.7. The predicted molar refractivity (Wildman–Crippen MR) is 195 cm³/mol. The van der Waals surface area contributed by atoms with Gasteiger partial charge in [-0.3, -0.25) is 0 Å². The van der Waals surface area contributed by atoms with Crippen LogP contribution in [0.4, 0.5) is 0 Å². The molecule has 3 saturated heterocycles. The minimum Gasteiger partial charge on any atom is -0.429 e. The molecule has 15 atom stereocenters. The van der Waals surface area contributed by atoms with Gasteiger partial charge in [0.2, 0.25) is 12.6 Å². The van der Waals surface area contributed by atoms with E-state index in [1.807, 2.05) is 6.92 Å². The Balaban J connectivity index is 1.48. The Morgan fingerprint density at radius 1 is 0.474 bits per heavy atom. The second-order valence-electron chi connectivity index (χ2n) is 13.7. The Hall–Kier alpha value is -3.48. The Bertz CT molecular complexity index is 1550. The van der Waals surface area contributed by atoms with Gasteiger partial charge >= 0.3 is 11.9 Å². The van der Waals surface area contributed by atoms with Crippen LogP contribution >= 0.6 is 0 Å². The minimum absolute atomic E-state index is 0.0944. The predicted octanol–water partition coefficient (Wildman–Crippen LogP) is -3.05. The summed E-state index contributed by atoms with van der Waals surface area (Å²) in [4.78, 5) is 25.2. The van der Waals surface area contributed by atoms with Crippen LogP contribution in [0.5, 0.6) is 0 Å². The molecule has 0 aromatic rings. The van der Waals surface area contributed by atoms with Gasteiger partial charge in [0, 0.05) is 11.1 Å². The summed E-state index contributed by atoms with van der Waals surface area (Å²) in [6, 6.07) is 0. The van der Waals surface area contributed by atoms with Crippen molar-refractivity contribution in [3.63, 3.8) is 0 Å². The largest absolute Gasteiger partial charge is 0.429 e. The van der Waals surface area contributed by atoms with E-state index in [1.165, 1.54) is 26.0 Å². The summed E-state index contributed by atoms with van der Waals surface area (Å²) >= 11 is 0. The average Bonchev–Trinajstić information content (AvgIpc) is 3.18. The van der Waals surface area contributed by atoms with Crippen molar-refractivity contribution in [1.29, 1.82) is 0 Å². The molecule has 3 aliphatic rings. The molecule has 0 aromatic carbocycles. The van der Waals surface area contributed by atoms with E-state index in [-0.39, 0.29) is 11.1 Å². The number of aliphatic hydroxyl groups excluding tert-OH is 11. The van der Waals surface area contributed by atoms with Gasteiger partial charge in [-0.25, -0.2) is 9.59 Å². The Labute approximate surface area is 328 Å². The van der Waals surface area contributed by atoms with Gasteiger partial charge < -0.3 is 84.6 Å². The van der Waals surface area contributed by atoms with E-state index in [2.05, 4.69) is 0 Å². The molecule has 0 saturated carbocycles. The van der Waals surface area contributed by atoms with Crippen molar-refractivity contribution < 1.29 is 94.2 Å². The summed E-state index contributed by atoms with van der Waals surface area (Å²) < 4.78 is 31.6. The molecule has 0 spiro atoms. The van der Waals surface area contributed by atoms with Crippen LogP contribution in [0.25, 0.3) is 0 Å². The highest BCUT2D eigenvalue weighted by atomic mass is 16.7. The highest BCUT2D eigenvalue weighted by Crippen LogP contribution is 2.27. The summed E-state index contributed by atoms with van der Waals surface area (Å²) in [5.74, 6) is -1.75. The monoisotopic (exact) mass is 814 g/mol. The first-order chi connectivity index (χ1) is 26.9. The van der Waals surface area contributed by atoms with Crippen LogP contribution in [0.15, 0.2) is 83.1 Å². The fraction of sp³-hybridized carbons (Fsp3) is 0.579. The third-order valence-corrected chi connectivity index (χ3v) is 9.12. The molecule has 19 heteroatoms. The fourth-order valence-corrected chi connectivity index (χ4v) is 5.46. The minimum atomic E-state index is -1.83. The Kier molecular flexibility index (Phi) is 19.0. The fourth-order valence-electron chi connectivity index (χ4n) is 5.46. The summed E-state index contributed by atoms with van der Waals surface area (Å²) in [6.07, 6.45) is -7.55. The second-order valence-corrected chi connectivity index (χ2v) is 13.7. The molecule has 3 fully saturated rings. The molecule has 3 aliphatic heterocycles. The summed E-state index contributed by atoms with van der Waals surface area (Å²) in [5, 5.41) is 110. The first-order valence-corrected chi connectivity index (χ1v) is 18.0. The maximum Gasteiger partial charge on any atom is 0.336 e. The normalized spacial score (nSPS) is 37.6. The number of carbonyl (C=O) groups is 2. The van der Waals surface area contributed by atoms with E-state index in [9.17, 15) is 65.8 Å². The first kappa shape index (κ1) is 47.9. The summed E-state index contributed by atoms with van der Waals surface area (Å²) in [6.45, 7) is 4.59. The third-order valence-electron chi connectivity index (χ3n) is 9.12. The lowest BCUT2D eigenvalue weighted by molar-refractivity contribution is -0.326. The van der Waals surface area contributed by atoms with Crippen LogP contribution in [0.3, 0.4) is 0 Å². The number of rotatable bonds is 15. The van der Waals surface area contributed by atoms with Gasteiger partial charge in [-0.2, -0.15) is 0 Å². The molecule has 57 heavy (non-hydrogen) atoms. The molecule has 11 N–H and O–H groups in total. The smallest absolute Gasteiger partial charge is 0.336 e. The number of esters is 2. The van der Waals surface area contributed by atoms with E-state index < -0.39 is 124 Å². The van der Waals surface area contributed by atoms with Gasteiger partial charge in [-0.05, 0) is 27.7 Å². The molecular formula is C38H54O19. The molecule has 3 heterocycles. The zero-order valence-electron chi connectivity index (χ0n) is 31.7. The number of carbonyl (C=O) groups excluding carboxylic acids is 2. The lowest BCUT2D eigenvalue weighted by Gasteiger charge is -2.42. The zero-order chi connectivity index (χ0) is 42.6. The number of aliphatic hydroxyl groups is 11. The van der Waals surface area contributed by atoms with Gasteiger partial charge in [0.25, 0.3) is 0 Å². The summed E-state index contributed by atoms with van der Waals surface area (Å²) in [7, 11) is 0. The van der Waals surface area contributed by atoms with Gasteiger partial charge in [0.1, 0.15) is 73.2 Å². The Morgan fingerprint density at radius 3 is 1.23 bits per heavy atom. The van der Waals surface area contributed by atoms with Gasteiger partial charge in [-0.1, -0.05) is 71.9 Å². The van der Waals surface area contributed by atoms with E-state index in [4.69, 9.17) is 28.4 Å². The standard InChI is InChI=1S/C38H54O19/c1-18(11-7-13-20(3)34(50)56-37-32(48)29(45)26(42)23(16-40)54-37)9-5-6-10-19(2)12-8-14-21(4)35(51)57-38-33(49)30(46)27(43)24(55-38)17-52-36-31(47)28(44)25(41)22(15-39)53-36/h5-14,22-33,36-49H,15-17H2,1-4H3/b6-5+,11-7+,12-8+,18-9+,19-10+,20-13+,21-14+/t22?,23?,24-,25?,26?,27?,28?,29?,30?,31?,32?,33?,36?,37?,38?/m0/s1. The summed E-state index contributed by atoms with van der Waals surface area (Å²) in [5.41, 5.74) is 1.86. The lowest BCUT2D eigenvalue weighted by atomic mass is 9.98. The van der Waals surface area contributed by atoms with E-state index >= 15 is 0 Å². The molecule has 0 bridgehead atoms. The molecule has 0 radical (unpaired) electrons. The number of allylic oxidation sites excluding steroid dienone is 12. The lowest BCUT2D eigenvalue weighted by Crippen LogP contribution is -2.61. The SMILES string of the molecule is CC(/C=C/C=C(\C)C(=O)OC1OC(CO)C(O)C(O)C1O)=C\C=C\C=C(C)\C=C\C=C(/C)C(=O)OC1O[C@@H](COC2OC(CO)C(O)C(O)C2O)C(O)C(O)C1O. The van der Waals surface area contributed by atoms with Crippen molar-refractivity contribution in [2.45, 2.75) is 120 Å². The van der Waals surface area contributed by atoms with Crippen LogP contribution in [0.2, 0.25) is 0 Å². The molecule has 0 amide bonds. The third kappa shape index (κ3) is 13.3. The van der Waals surface area contributed by atoms with E-state index in [1.54, 1.807) is 55.5 Å². The van der Waals surface area contributed by atoms with E-state index in [0.29, 0.717) is 0 Å². The van der Waals surface area contributed by atoms with Crippen molar-refractivity contribution in [3.8, 4) is 0 Å². The molecule has 0 aliphatic carbocycles. The van der Waals surface area contributed by atoms with Crippen molar-refractivity contribution in [2.24, 2.45) is 0 Å². The van der Waals surface area contributed by atoms with Crippen LogP contribution < -0.4 is 0 Å².